The van der Waals surface area contributed by atoms with Crippen molar-refractivity contribution in [1.29, 1.82) is 0 Å². The molecule has 0 unspecified atom stereocenters. The van der Waals surface area contributed by atoms with Gasteiger partial charge in [0, 0.05) is 11.8 Å². The van der Waals surface area contributed by atoms with Crippen molar-refractivity contribution in [2.75, 3.05) is 0 Å². The molecule has 0 fully saturated rings. The van der Waals surface area contributed by atoms with Crippen LogP contribution in [-0.4, -0.2) is 22.3 Å². The molecule has 2 radical (unpaired) electrons. The van der Waals surface area contributed by atoms with E-state index in [2.05, 4.69) is 4.98 Å². The van der Waals surface area contributed by atoms with Crippen molar-refractivity contribution in [3.8, 4) is 11.3 Å². The third-order valence-electron chi connectivity index (χ3n) is 3.08. The van der Waals surface area contributed by atoms with Crippen LogP contribution in [0.3, 0.4) is 0 Å². The molecule has 0 atom stereocenters. The van der Waals surface area contributed by atoms with Crippen LogP contribution >= 0.6 is 11.6 Å². The fraction of sp³-hybridized carbons (Fsp3) is 0.0714. The van der Waals surface area contributed by atoms with Crippen molar-refractivity contribution in [2.24, 2.45) is 0 Å². The third-order valence-corrected chi connectivity index (χ3v) is 3.37. The first-order valence-electron chi connectivity index (χ1n) is 5.93. The second-order valence-corrected chi connectivity index (χ2v) is 4.79. The lowest BCUT2D eigenvalue weighted by Gasteiger charge is -2.03. The van der Waals surface area contributed by atoms with Gasteiger partial charge in [-0.1, -0.05) is 23.1 Å². The zero-order valence-electron chi connectivity index (χ0n) is 10.3. The molecule has 0 saturated carbocycles. The molecule has 0 aliphatic carbocycles. The van der Waals surface area contributed by atoms with Gasteiger partial charge < -0.3 is 9.51 Å². The second kappa shape index (κ2) is 4.92. The van der Waals surface area contributed by atoms with Crippen molar-refractivity contribution in [2.45, 2.75) is 6.61 Å². The van der Waals surface area contributed by atoms with Crippen LogP contribution < -0.4 is 5.46 Å². The Bertz CT molecular complexity index is 803. The number of aromatic nitrogens is 2. The van der Waals surface area contributed by atoms with Crippen LogP contribution in [0, 0.1) is 5.82 Å². The largest absolute Gasteiger partial charge is 0.390 e. The van der Waals surface area contributed by atoms with Crippen molar-refractivity contribution in [1.82, 2.24) is 9.38 Å². The molecule has 0 spiro atoms. The van der Waals surface area contributed by atoms with Crippen molar-refractivity contribution in [3.05, 3.63) is 53.1 Å². The van der Waals surface area contributed by atoms with E-state index >= 15 is 0 Å². The Hall–Kier alpha value is -1.85. The average Bonchev–Trinajstić information content (AvgIpc) is 2.79. The number of pyridine rings is 1. The smallest absolute Gasteiger partial charge is 0.141 e. The van der Waals surface area contributed by atoms with Crippen LogP contribution in [0.1, 0.15) is 5.69 Å². The van der Waals surface area contributed by atoms with Gasteiger partial charge in [0.2, 0.25) is 0 Å². The Morgan fingerprint density at radius 3 is 2.80 bits per heavy atom. The maximum atomic E-state index is 13.2. The molecular formula is C14H9BClFN2O. The van der Waals surface area contributed by atoms with Gasteiger partial charge in [-0.2, -0.15) is 0 Å². The predicted molar refractivity (Wildman–Crippen MR) is 76.9 cm³/mol. The third kappa shape index (κ3) is 2.09. The van der Waals surface area contributed by atoms with E-state index in [-0.39, 0.29) is 11.6 Å². The van der Waals surface area contributed by atoms with Gasteiger partial charge in [-0.25, -0.2) is 9.37 Å². The Morgan fingerprint density at radius 1 is 1.30 bits per heavy atom. The van der Waals surface area contributed by atoms with Crippen LogP contribution in [-0.2, 0) is 6.61 Å². The van der Waals surface area contributed by atoms with Gasteiger partial charge in [-0.15, -0.1) is 0 Å². The van der Waals surface area contributed by atoms with Gasteiger partial charge >= 0.3 is 0 Å². The number of benzene rings is 1. The molecule has 20 heavy (non-hydrogen) atoms. The summed E-state index contributed by atoms with van der Waals surface area (Å²) in [5, 5.41) is 9.59. The van der Waals surface area contributed by atoms with E-state index in [1.54, 1.807) is 28.8 Å². The van der Waals surface area contributed by atoms with Crippen LogP contribution in [0.4, 0.5) is 4.39 Å². The highest BCUT2D eigenvalue weighted by Crippen LogP contribution is 2.27. The molecule has 0 aliphatic heterocycles. The van der Waals surface area contributed by atoms with Gasteiger partial charge in [-0.3, -0.25) is 0 Å². The predicted octanol–water partition coefficient (Wildman–Crippen LogP) is 2.08. The first-order chi connectivity index (χ1) is 9.60. The highest BCUT2D eigenvalue weighted by atomic mass is 35.5. The highest BCUT2D eigenvalue weighted by molar-refractivity contribution is 6.32. The maximum Gasteiger partial charge on any atom is 0.141 e. The van der Waals surface area contributed by atoms with Crippen molar-refractivity contribution in [3.63, 3.8) is 0 Å². The van der Waals surface area contributed by atoms with Gasteiger partial charge in [0.25, 0.3) is 0 Å². The molecule has 98 valence electrons. The van der Waals surface area contributed by atoms with Gasteiger partial charge in [-0.05, 0) is 24.3 Å². The standard InChI is InChI=1S/C14H9BClFN2O/c15-9-2-4-13-18-14(12(7-20)19(13)6-9)8-1-3-11(17)10(16)5-8/h1-6,20H,7H2. The van der Waals surface area contributed by atoms with E-state index in [0.29, 0.717) is 28.1 Å². The van der Waals surface area contributed by atoms with E-state index in [4.69, 9.17) is 19.4 Å². The molecule has 2 heterocycles. The van der Waals surface area contributed by atoms with Crippen molar-refractivity contribution < 1.29 is 9.50 Å². The monoisotopic (exact) mass is 286 g/mol. The number of halogens is 2. The minimum atomic E-state index is -0.492. The topological polar surface area (TPSA) is 37.5 Å². The zero-order valence-corrected chi connectivity index (χ0v) is 11.1. The number of fused-ring (bicyclic) bond motifs is 1. The number of nitrogens with zero attached hydrogens (tertiary/aromatic N) is 2. The van der Waals surface area contributed by atoms with Crippen LogP contribution in [0.25, 0.3) is 16.9 Å². The Morgan fingerprint density at radius 2 is 2.10 bits per heavy atom. The van der Waals surface area contributed by atoms with E-state index in [9.17, 15) is 9.50 Å². The van der Waals surface area contributed by atoms with Gasteiger partial charge in [0.05, 0.1) is 23.0 Å². The molecule has 1 N–H and O–H groups in total. The number of hydrogen-bond acceptors (Lipinski definition) is 2. The second-order valence-electron chi connectivity index (χ2n) is 4.38. The Balaban J connectivity index is 2.27. The van der Waals surface area contributed by atoms with E-state index < -0.39 is 5.82 Å². The fourth-order valence-corrected chi connectivity index (χ4v) is 2.32. The fourth-order valence-electron chi connectivity index (χ4n) is 2.14. The number of imidazole rings is 1. The quantitative estimate of drug-likeness (QED) is 0.733. The summed E-state index contributed by atoms with van der Waals surface area (Å²) in [6.45, 7) is -0.213. The molecule has 6 heteroatoms. The first-order valence-corrected chi connectivity index (χ1v) is 6.30. The van der Waals surface area contributed by atoms with E-state index in [0.717, 1.165) is 0 Å². The molecule has 0 bridgehead atoms. The minimum absolute atomic E-state index is 0.0166. The summed E-state index contributed by atoms with van der Waals surface area (Å²) < 4.78 is 14.9. The maximum absolute atomic E-state index is 13.2. The SMILES string of the molecule is [B]c1ccc2nc(-c3ccc(F)c(Cl)c3)c(CO)n2c1. The first kappa shape index (κ1) is 13.2. The molecule has 0 saturated heterocycles. The summed E-state index contributed by atoms with van der Waals surface area (Å²) in [6.07, 6.45) is 1.68. The summed E-state index contributed by atoms with van der Waals surface area (Å²) in [6, 6.07) is 7.82. The lowest BCUT2D eigenvalue weighted by Crippen LogP contribution is -2.06. The minimum Gasteiger partial charge on any atom is -0.390 e. The highest BCUT2D eigenvalue weighted by Gasteiger charge is 2.14. The van der Waals surface area contributed by atoms with Gasteiger partial charge in [0.15, 0.2) is 0 Å². The van der Waals surface area contributed by atoms with E-state index in [1.165, 1.54) is 12.1 Å². The molecule has 1 aromatic carbocycles. The molecule has 2 aromatic heterocycles. The summed E-state index contributed by atoms with van der Waals surface area (Å²) in [5.74, 6) is -0.492. The Labute approximate surface area is 121 Å². The summed E-state index contributed by atoms with van der Waals surface area (Å²) in [7, 11) is 5.74. The van der Waals surface area contributed by atoms with Crippen LogP contribution in [0.5, 0.6) is 0 Å². The molecule has 3 rings (SSSR count). The van der Waals surface area contributed by atoms with Crippen LogP contribution in [0.2, 0.25) is 5.02 Å². The lowest BCUT2D eigenvalue weighted by molar-refractivity contribution is 0.276. The number of hydrogen-bond donors (Lipinski definition) is 1. The molecule has 0 amide bonds. The van der Waals surface area contributed by atoms with E-state index in [1.807, 2.05) is 0 Å². The number of aliphatic hydroxyl groups excluding tert-OH is 1. The van der Waals surface area contributed by atoms with Crippen LogP contribution in [0.15, 0.2) is 36.5 Å². The van der Waals surface area contributed by atoms with Gasteiger partial charge in [0.1, 0.15) is 19.3 Å². The normalized spacial score (nSPS) is 11.2. The summed E-state index contributed by atoms with van der Waals surface area (Å²) in [5.41, 5.74) is 2.99. The number of rotatable bonds is 2. The summed E-state index contributed by atoms with van der Waals surface area (Å²) in [4.78, 5) is 4.43. The summed E-state index contributed by atoms with van der Waals surface area (Å²) >= 11 is 5.79. The molecular weight excluding hydrogens is 277 g/mol. The molecule has 3 nitrogen and oxygen atoms in total. The molecule has 0 aliphatic rings. The zero-order chi connectivity index (χ0) is 14.3. The Kier molecular flexibility index (Phi) is 3.24. The number of aliphatic hydroxyl groups is 1. The average molecular weight is 287 g/mol. The van der Waals surface area contributed by atoms with Crippen molar-refractivity contribution >= 4 is 30.6 Å². The lowest BCUT2D eigenvalue weighted by atomic mass is 9.99. The molecule has 3 aromatic rings.